The van der Waals surface area contributed by atoms with Crippen LogP contribution in [0.15, 0.2) is 47.4 Å². The van der Waals surface area contributed by atoms with Crippen LogP contribution in [0.2, 0.25) is 0 Å². The highest BCUT2D eigenvalue weighted by Crippen LogP contribution is 2.13. The molecule has 0 radical (unpaired) electrons. The van der Waals surface area contributed by atoms with Gasteiger partial charge in [0, 0.05) is 11.8 Å². The smallest absolute Gasteiger partial charge is 0.241 e. The largest absolute Gasteiger partial charge is 0.325 e. The minimum Gasteiger partial charge on any atom is -0.325 e. The van der Waals surface area contributed by atoms with Crippen LogP contribution in [0.1, 0.15) is 12.5 Å². The fourth-order valence-electron chi connectivity index (χ4n) is 1.93. The molecule has 8 heteroatoms. The van der Waals surface area contributed by atoms with E-state index in [9.17, 15) is 22.0 Å². The van der Waals surface area contributed by atoms with Crippen LogP contribution < -0.4 is 10.0 Å². The molecule has 0 aromatic heterocycles. The zero-order chi connectivity index (χ0) is 17.7. The molecule has 24 heavy (non-hydrogen) atoms. The Bertz CT molecular complexity index is 837. The zero-order valence-corrected chi connectivity index (χ0v) is 13.7. The molecule has 0 aliphatic heterocycles. The first kappa shape index (κ1) is 18.0. The molecule has 0 aliphatic carbocycles. The summed E-state index contributed by atoms with van der Waals surface area (Å²) >= 11 is 0. The van der Waals surface area contributed by atoms with Gasteiger partial charge in [0.2, 0.25) is 15.9 Å². The van der Waals surface area contributed by atoms with E-state index < -0.39 is 34.1 Å². The number of carbonyl (C=O) groups excluding carboxylic acids is 1. The highest BCUT2D eigenvalue weighted by atomic mass is 32.2. The molecule has 128 valence electrons. The first-order valence-electron chi connectivity index (χ1n) is 7.15. The van der Waals surface area contributed by atoms with Crippen molar-refractivity contribution in [1.29, 1.82) is 0 Å². The van der Waals surface area contributed by atoms with Gasteiger partial charge in [0.05, 0.1) is 11.4 Å². The number of aryl methyl sites for hydroxylation is 1. The number of sulfonamides is 1. The van der Waals surface area contributed by atoms with Crippen LogP contribution in [0.3, 0.4) is 0 Å². The first-order chi connectivity index (χ1) is 11.3. The van der Waals surface area contributed by atoms with Crippen molar-refractivity contribution in [3.63, 3.8) is 0 Å². The van der Waals surface area contributed by atoms with Crippen LogP contribution in [0.25, 0.3) is 0 Å². The van der Waals surface area contributed by atoms with Crippen molar-refractivity contribution in [2.24, 2.45) is 0 Å². The molecule has 0 unspecified atom stereocenters. The number of hydrogen-bond donors (Lipinski definition) is 2. The molecule has 0 heterocycles. The van der Waals surface area contributed by atoms with Gasteiger partial charge in [-0.1, -0.05) is 19.1 Å². The van der Waals surface area contributed by atoms with Gasteiger partial charge >= 0.3 is 0 Å². The molecule has 2 N–H and O–H groups in total. The van der Waals surface area contributed by atoms with E-state index in [0.717, 1.165) is 24.1 Å². The normalized spacial score (nSPS) is 11.3. The third-order valence-corrected chi connectivity index (χ3v) is 4.69. The third kappa shape index (κ3) is 4.59. The minimum atomic E-state index is -3.83. The molecule has 0 atom stereocenters. The fraction of sp³-hybridized carbons (Fsp3) is 0.188. The summed E-state index contributed by atoms with van der Waals surface area (Å²) < 4.78 is 52.2. The lowest BCUT2D eigenvalue weighted by Gasteiger charge is -2.08. The standard InChI is InChI=1S/C16H16F2N2O3S/c1-2-11-3-6-13(7-4-11)24(22,23)19-10-16(21)20-12-5-8-14(17)15(18)9-12/h3-9,19H,2,10H2,1H3,(H,20,21). The molecule has 2 rings (SSSR count). The predicted molar refractivity (Wildman–Crippen MR) is 86.0 cm³/mol. The Morgan fingerprint density at radius 2 is 1.71 bits per heavy atom. The van der Waals surface area contributed by atoms with Crippen molar-refractivity contribution >= 4 is 21.6 Å². The van der Waals surface area contributed by atoms with E-state index in [1.165, 1.54) is 18.2 Å². The summed E-state index contributed by atoms with van der Waals surface area (Å²) in [5.74, 6) is -2.84. The summed E-state index contributed by atoms with van der Waals surface area (Å²) in [4.78, 5) is 11.8. The Hall–Kier alpha value is -2.32. The molecular formula is C16H16F2N2O3S. The van der Waals surface area contributed by atoms with Gasteiger partial charge < -0.3 is 5.32 Å². The monoisotopic (exact) mass is 354 g/mol. The van der Waals surface area contributed by atoms with Crippen LogP contribution in [-0.4, -0.2) is 20.9 Å². The van der Waals surface area contributed by atoms with Crippen molar-refractivity contribution in [1.82, 2.24) is 4.72 Å². The Kier molecular flexibility index (Phi) is 5.63. The second-order valence-electron chi connectivity index (χ2n) is 5.00. The molecule has 2 aromatic rings. The number of amides is 1. The lowest BCUT2D eigenvalue weighted by Crippen LogP contribution is -2.32. The van der Waals surface area contributed by atoms with Crippen LogP contribution in [0.4, 0.5) is 14.5 Å². The van der Waals surface area contributed by atoms with Crippen molar-refractivity contribution < 1.29 is 22.0 Å². The maximum atomic E-state index is 13.1. The summed E-state index contributed by atoms with van der Waals surface area (Å²) in [6.07, 6.45) is 0.782. The van der Waals surface area contributed by atoms with E-state index in [1.807, 2.05) is 6.92 Å². The van der Waals surface area contributed by atoms with E-state index in [0.29, 0.717) is 0 Å². The lowest BCUT2D eigenvalue weighted by atomic mass is 10.2. The van der Waals surface area contributed by atoms with Gasteiger partial charge in [-0.15, -0.1) is 0 Å². The van der Waals surface area contributed by atoms with Crippen LogP contribution in [0.5, 0.6) is 0 Å². The first-order valence-corrected chi connectivity index (χ1v) is 8.63. The van der Waals surface area contributed by atoms with Gasteiger partial charge in [-0.25, -0.2) is 21.9 Å². The highest BCUT2D eigenvalue weighted by Gasteiger charge is 2.15. The van der Waals surface area contributed by atoms with Gasteiger partial charge in [-0.2, -0.15) is 0 Å². The number of anilines is 1. The van der Waals surface area contributed by atoms with Gasteiger partial charge in [-0.3, -0.25) is 4.79 Å². The maximum absolute atomic E-state index is 13.1. The van der Waals surface area contributed by atoms with Crippen molar-refractivity contribution in [3.05, 3.63) is 59.7 Å². The second kappa shape index (κ2) is 7.50. The zero-order valence-electron chi connectivity index (χ0n) is 12.8. The topological polar surface area (TPSA) is 75.3 Å². The van der Waals surface area contributed by atoms with Crippen molar-refractivity contribution in [3.8, 4) is 0 Å². The quantitative estimate of drug-likeness (QED) is 0.837. The Balaban J connectivity index is 1.97. The third-order valence-electron chi connectivity index (χ3n) is 3.27. The molecule has 0 spiro atoms. The molecule has 0 saturated carbocycles. The summed E-state index contributed by atoms with van der Waals surface area (Å²) in [7, 11) is -3.83. The average Bonchev–Trinajstić information content (AvgIpc) is 2.56. The van der Waals surface area contributed by atoms with E-state index in [4.69, 9.17) is 0 Å². The van der Waals surface area contributed by atoms with Crippen LogP contribution in [-0.2, 0) is 21.2 Å². The SMILES string of the molecule is CCc1ccc(S(=O)(=O)NCC(=O)Nc2ccc(F)c(F)c2)cc1. The number of rotatable bonds is 6. The van der Waals surface area contributed by atoms with Crippen molar-refractivity contribution in [2.75, 3.05) is 11.9 Å². The molecule has 0 aliphatic rings. The number of benzene rings is 2. The second-order valence-corrected chi connectivity index (χ2v) is 6.77. The van der Waals surface area contributed by atoms with Gasteiger partial charge in [0.25, 0.3) is 0 Å². The molecule has 5 nitrogen and oxygen atoms in total. The Labute approximate surface area is 138 Å². The Morgan fingerprint density at radius 1 is 1.04 bits per heavy atom. The van der Waals surface area contributed by atoms with E-state index >= 15 is 0 Å². The van der Waals surface area contributed by atoms with Crippen molar-refractivity contribution in [2.45, 2.75) is 18.2 Å². The number of halogens is 2. The summed E-state index contributed by atoms with van der Waals surface area (Å²) in [5.41, 5.74) is 1.02. The van der Waals surface area contributed by atoms with Gasteiger partial charge in [-0.05, 0) is 36.2 Å². The average molecular weight is 354 g/mol. The number of hydrogen-bond acceptors (Lipinski definition) is 3. The number of nitrogens with one attached hydrogen (secondary N) is 2. The molecule has 0 saturated heterocycles. The van der Waals surface area contributed by atoms with Crippen LogP contribution in [0, 0.1) is 11.6 Å². The Morgan fingerprint density at radius 3 is 2.29 bits per heavy atom. The maximum Gasteiger partial charge on any atom is 0.241 e. The summed E-state index contributed by atoms with van der Waals surface area (Å²) in [6.45, 7) is 1.42. The predicted octanol–water partition coefficient (Wildman–Crippen LogP) is 2.44. The summed E-state index contributed by atoms with van der Waals surface area (Å²) in [6, 6.07) is 9.14. The van der Waals surface area contributed by atoms with E-state index in [-0.39, 0.29) is 10.6 Å². The highest BCUT2D eigenvalue weighted by molar-refractivity contribution is 7.89. The lowest BCUT2D eigenvalue weighted by molar-refractivity contribution is -0.115. The molecule has 0 bridgehead atoms. The summed E-state index contributed by atoms with van der Waals surface area (Å²) in [5, 5.41) is 2.28. The van der Waals surface area contributed by atoms with E-state index in [2.05, 4.69) is 10.0 Å². The molecule has 2 aromatic carbocycles. The van der Waals surface area contributed by atoms with Crippen LogP contribution >= 0.6 is 0 Å². The molecule has 1 amide bonds. The van der Waals surface area contributed by atoms with E-state index in [1.54, 1.807) is 12.1 Å². The van der Waals surface area contributed by atoms with Gasteiger partial charge in [0.1, 0.15) is 0 Å². The molecule has 0 fully saturated rings. The van der Waals surface area contributed by atoms with Gasteiger partial charge in [0.15, 0.2) is 11.6 Å². The minimum absolute atomic E-state index is 0.0328. The number of carbonyl (C=O) groups is 1. The molecular weight excluding hydrogens is 338 g/mol. The fourth-order valence-corrected chi connectivity index (χ4v) is 2.91.